The number of hydrogen-bond acceptors (Lipinski definition) is 4. The molecule has 7 heteroatoms. The molecule has 0 saturated carbocycles. The van der Waals surface area contributed by atoms with Crippen molar-refractivity contribution in [3.8, 4) is 0 Å². The summed E-state index contributed by atoms with van der Waals surface area (Å²) in [7, 11) is -2.38. The maximum Gasteiger partial charge on any atom is 0.245 e. The number of likely N-dealkylation sites (N-methyl/N-ethyl adjacent to an activating group) is 2. The highest BCUT2D eigenvalue weighted by Gasteiger charge is 2.26. The van der Waals surface area contributed by atoms with Crippen LogP contribution < -0.4 is 0 Å². The quantitative estimate of drug-likeness (QED) is 0.800. The van der Waals surface area contributed by atoms with E-state index in [2.05, 4.69) is 4.98 Å². The molecular formula is C17H23N3O3S. The van der Waals surface area contributed by atoms with E-state index >= 15 is 0 Å². The van der Waals surface area contributed by atoms with E-state index in [1.165, 1.54) is 13.1 Å². The Hall–Kier alpha value is -1.99. The highest BCUT2D eigenvalue weighted by atomic mass is 32.2. The molecule has 24 heavy (non-hydrogen) atoms. The van der Waals surface area contributed by atoms with Crippen molar-refractivity contribution < 1.29 is 13.2 Å². The number of carbonyl (C=O) groups excluding carboxylic acids is 1. The Bertz CT molecular complexity index is 845. The molecule has 2 rings (SSSR count). The summed E-state index contributed by atoms with van der Waals surface area (Å²) in [5.41, 5.74) is 1.38. The number of pyridine rings is 1. The summed E-state index contributed by atoms with van der Waals surface area (Å²) in [6.45, 7) is 6.56. The van der Waals surface area contributed by atoms with Crippen molar-refractivity contribution in [3.05, 3.63) is 36.0 Å². The van der Waals surface area contributed by atoms with Gasteiger partial charge in [-0.1, -0.05) is 12.1 Å². The maximum absolute atomic E-state index is 12.9. The van der Waals surface area contributed by atoms with Gasteiger partial charge < -0.3 is 4.90 Å². The summed E-state index contributed by atoms with van der Waals surface area (Å²) < 4.78 is 26.8. The minimum absolute atomic E-state index is 0.120. The number of benzene rings is 1. The molecule has 1 heterocycles. The molecule has 0 N–H and O–H groups in total. The zero-order valence-corrected chi connectivity index (χ0v) is 15.3. The van der Waals surface area contributed by atoms with Gasteiger partial charge in [-0.25, -0.2) is 8.42 Å². The average molecular weight is 349 g/mol. The van der Waals surface area contributed by atoms with E-state index in [0.29, 0.717) is 18.6 Å². The molecule has 6 nitrogen and oxygen atoms in total. The van der Waals surface area contributed by atoms with Crippen molar-refractivity contribution in [2.24, 2.45) is 0 Å². The maximum atomic E-state index is 12.9. The number of fused-ring (bicyclic) bond motifs is 1. The van der Waals surface area contributed by atoms with Gasteiger partial charge in [-0.3, -0.25) is 9.78 Å². The van der Waals surface area contributed by atoms with Gasteiger partial charge in [-0.15, -0.1) is 0 Å². The number of nitrogens with zero attached hydrogens (tertiary/aromatic N) is 3. The van der Waals surface area contributed by atoms with Crippen LogP contribution in [0.25, 0.3) is 10.9 Å². The van der Waals surface area contributed by atoms with Gasteiger partial charge in [-0.2, -0.15) is 4.31 Å². The highest BCUT2D eigenvalue weighted by Crippen LogP contribution is 2.24. The lowest BCUT2D eigenvalue weighted by Gasteiger charge is -2.23. The number of aromatic nitrogens is 1. The molecule has 1 amide bonds. The van der Waals surface area contributed by atoms with Crippen LogP contribution in [0.2, 0.25) is 0 Å². The van der Waals surface area contributed by atoms with Gasteiger partial charge in [0.15, 0.2) is 0 Å². The van der Waals surface area contributed by atoms with Crippen LogP contribution in [0.1, 0.15) is 19.4 Å². The van der Waals surface area contributed by atoms with Crippen LogP contribution >= 0.6 is 0 Å². The Labute approximate surface area is 143 Å². The zero-order chi connectivity index (χ0) is 17.9. The van der Waals surface area contributed by atoms with Gasteiger partial charge in [0.05, 0.1) is 12.1 Å². The van der Waals surface area contributed by atoms with E-state index in [1.54, 1.807) is 17.2 Å². The Kier molecular flexibility index (Phi) is 5.56. The molecule has 1 aromatic heterocycles. The van der Waals surface area contributed by atoms with E-state index in [1.807, 2.05) is 32.9 Å². The predicted molar refractivity (Wildman–Crippen MR) is 94.2 cm³/mol. The molecule has 2 aromatic rings. The highest BCUT2D eigenvalue weighted by molar-refractivity contribution is 7.89. The molecular weight excluding hydrogens is 326 g/mol. The molecule has 0 aliphatic heterocycles. The normalized spacial score (nSPS) is 11.9. The summed E-state index contributed by atoms with van der Waals surface area (Å²) in [4.78, 5) is 18.2. The molecule has 0 radical (unpaired) electrons. The van der Waals surface area contributed by atoms with Crippen molar-refractivity contribution in [1.29, 1.82) is 0 Å². The molecule has 0 aliphatic rings. The Balaban J connectivity index is 2.38. The molecule has 130 valence electrons. The van der Waals surface area contributed by atoms with E-state index in [-0.39, 0.29) is 17.3 Å². The molecule has 0 unspecified atom stereocenters. The lowest BCUT2D eigenvalue weighted by molar-refractivity contribution is -0.130. The lowest BCUT2D eigenvalue weighted by Crippen LogP contribution is -2.41. The Morgan fingerprint density at radius 1 is 1.21 bits per heavy atom. The second-order valence-corrected chi connectivity index (χ2v) is 7.68. The average Bonchev–Trinajstić information content (AvgIpc) is 2.54. The standard InChI is InChI=1S/C17H23N3O3S/c1-5-20(6-2)16(21)12-19(4)24(22,23)15-9-7-8-14-10-13(3)11-18-17(14)15/h7-11H,5-6,12H2,1-4H3. The number of hydrogen-bond donors (Lipinski definition) is 0. The smallest absolute Gasteiger partial charge is 0.245 e. The fraction of sp³-hybridized carbons (Fsp3) is 0.412. The van der Waals surface area contributed by atoms with Gasteiger partial charge >= 0.3 is 0 Å². The zero-order valence-electron chi connectivity index (χ0n) is 14.5. The first-order valence-electron chi connectivity index (χ1n) is 7.90. The molecule has 0 spiro atoms. The number of amides is 1. The first-order valence-corrected chi connectivity index (χ1v) is 9.34. The van der Waals surface area contributed by atoms with Crippen LogP contribution in [-0.2, 0) is 14.8 Å². The Morgan fingerprint density at radius 2 is 1.88 bits per heavy atom. The molecule has 0 aliphatic carbocycles. The third-order valence-electron chi connectivity index (χ3n) is 3.97. The van der Waals surface area contributed by atoms with Gasteiger partial charge in [0, 0.05) is 31.7 Å². The van der Waals surface area contributed by atoms with E-state index in [4.69, 9.17) is 0 Å². The van der Waals surface area contributed by atoms with Crippen molar-refractivity contribution in [2.75, 3.05) is 26.7 Å². The molecule has 1 aromatic carbocycles. The number of carbonyl (C=O) groups is 1. The molecule has 0 fully saturated rings. The first kappa shape index (κ1) is 18.4. The van der Waals surface area contributed by atoms with Crippen LogP contribution in [0, 0.1) is 6.92 Å². The van der Waals surface area contributed by atoms with Crippen LogP contribution in [0.5, 0.6) is 0 Å². The van der Waals surface area contributed by atoms with Crippen LogP contribution in [0.3, 0.4) is 0 Å². The summed E-state index contributed by atoms with van der Waals surface area (Å²) in [5.74, 6) is -0.213. The van der Waals surface area contributed by atoms with Gasteiger partial charge in [-0.05, 0) is 38.5 Å². The molecule has 0 atom stereocenters. The Morgan fingerprint density at radius 3 is 2.50 bits per heavy atom. The van der Waals surface area contributed by atoms with E-state index in [9.17, 15) is 13.2 Å². The molecule has 0 saturated heterocycles. The van der Waals surface area contributed by atoms with Gasteiger partial charge in [0.25, 0.3) is 0 Å². The lowest BCUT2D eigenvalue weighted by atomic mass is 10.2. The monoisotopic (exact) mass is 349 g/mol. The van der Waals surface area contributed by atoms with Crippen molar-refractivity contribution in [3.63, 3.8) is 0 Å². The topological polar surface area (TPSA) is 70.6 Å². The van der Waals surface area contributed by atoms with Crippen LogP contribution in [0.4, 0.5) is 0 Å². The largest absolute Gasteiger partial charge is 0.342 e. The van der Waals surface area contributed by atoms with Crippen LogP contribution in [0.15, 0.2) is 35.4 Å². The SMILES string of the molecule is CCN(CC)C(=O)CN(C)S(=O)(=O)c1cccc2cc(C)cnc12. The number of sulfonamides is 1. The summed E-state index contributed by atoms with van der Waals surface area (Å²) in [6.07, 6.45) is 1.64. The third-order valence-corrected chi connectivity index (χ3v) is 5.81. The summed E-state index contributed by atoms with van der Waals surface area (Å²) >= 11 is 0. The third kappa shape index (κ3) is 3.57. The number of rotatable bonds is 6. The van der Waals surface area contributed by atoms with Crippen molar-refractivity contribution >= 4 is 26.8 Å². The first-order chi connectivity index (χ1) is 11.3. The van der Waals surface area contributed by atoms with Gasteiger partial charge in [0.1, 0.15) is 4.90 Å². The van der Waals surface area contributed by atoms with Crippen LogP contribution in [-0.4, -0.2) is 55.2 Å². The second-order valence-electron chi connectivity index (χ2n) is 5.67. The van der Waals surface area contributed by atoms with Gasteiger partial charge in [0.2, 0.25) is 15.9 Å². The minimum Gasteiger partial charge on any atom is -0.342 e. The van der Waals surface area contributed by atoms with E-state index < -0.39 is 10.0 Å². The fourth-order valence-electron chi connectivity index (χ4n) is 2.57. The van der Waals surface area contributed by atoms with Crippen molar-refractivity contribution in [1.82, 2.24) is 14.2 Å². The van der Waals surface area contributed by atoms with E-state index in [0.717, 1.165) is 15.3 Å². The number of para-hydroxylation sites is 1. The minimum atomic E-state index is -3.80. The second kappa shape index (κ2) is 7.27. The summed E-state index contributed by atoms with van der Waals surface area (Å²) in [6, 6.07) is 6.94. The fourth-order valence-corrected chi connectivity index (χ4v) is 3.85. The van der Waals surface area contributed by atoms with Crippen molar-refractivity contribution in [2.45, 2.75) is 25.7 Å². The summed E-state index contributed by atoms with van der Waals surface area (Å²) in [5, 5.41) is 0.763. The molecule has 0 bridgehead atoms. The predicted octanol–water partition coefficient (Wildman–Crippen LogP) is 2.03. The number of aryl methyl sites for hydroxylation is 1.